The Kier molecular flexibility index (Phi) is 8.02. The molecule has 1 aromatic heterocycles. The zero-order valence-electron chi connectivity index (χ0n) is 19.5. The Morgan fingerprint density at radius 3 is 2.69 bits per heavy atom. The lowest BCUT2D eigenvalue weighted by atomic mass is 10.1. The average Bonchev–Trinajstić information content (AvgIpc) is 2.86. The fourth-order valence-electron chi connectivity index (χ4n) is 3.79. The number of rotatable bonds is 7. The molecule has 1 aliphatic heterocycles. The Morgan fingerprint density at radius 2 is 1.92 bits per heavy atom. The Morgan fingerprint density at radius 1 is 1.14 bits per heavy atom. The van der Waals surface area contributed by atoms with Gasteiger partial charge >= 0.3 is 6.09 Å². The first-order chi connectivity index (χ1) is 17.3. The van der Waals surface area contributed by atoms with Gasteiger partial charge in [0.1, 0.15) is 12.3 Å². The van der Waals surface area contributed by atoms with Gasteiger partial charge in [-0.05, 0) is 35.9 Å². The van der Waals surface area contributed by atoms with Gasteiger partial charge in [0.2, 0.25) is 5.43 Å². The molecular formula is C25H27N5O5S. The number of anilines is 1. The van der Waals surface area contributed by atoms with Gasteiger partial charge in [0.25, 0.3) is 0 Å². The van der Waals surface area contributed by atoms with Gasteiger partial charge in [-0.3, -0.25) is 24.1 Å². The highest BCUT2D eigenvalue weighted by Crippen LogP contribution is 2.40. The number of amides is 1. The summed E-state index contributed by atoms with van der Waals surface area (Å²) in [6.07, 6.45) is 1.23. The molecule has 0 atom stereocenters. The minimum absolute atomic E-state index is 0.186. The van der Waals surface area contributed by atoms with Crippen molar-refractivity contribution >= 4 is 22.4 Å². The van der Waals surface area contributed by atoms with Gasteiger partial charge in [0.05, 0.1) is 28.8 Å². The molecule has 188 valence electrons. The summed E-state index contributed by atoms with van der Waals surface area (Å²) in [6, 6.07) is 17.6. The third-order valence-electron chi connectivity index (χ3n) is 5.77. The van der Waals surface area contributed by atoms with Gasteiger partial charge in [-0.1, -0.05) is 18.2 Å². The summed E-state index contributed by atoms with van der Waals surface area (Å²) in [6.45, 7) is 1.83. The molecular weight excluding hydrogens is 482 g/mol. The minimum Gasteiger partial charge on any atom is -0.448 e. The molecule has 3 N–H and O–H groups in total. The summed E-state index contributed by atoms with van der Waals surface area (Å²) in [5, 5.41) is 16.3. The van der Waals surface area contributed by atoms with Crippen LogP contribution in [0.4, 0.5) is 10.5 Å². The largest absolute Gasteiger partial charge is 0.448 e. The molecule has 0 saturated carbocycles. The number of hydrogen-bond acceptors (Lipinski definition) is 8. The number of nitrogens with zero attached hydrogens (tertiary/aromatic N) is 4. The van der Waals surface area contributed by atoms with E-state index in [1.165, 1.54) is 6.07 Å². The third-order valence-corrected chi connectivity index (χ3v) is 7.45. The zero-order valence-corrected chi connectivity index (χ0v) is 20.4. The molecule has 0 spiro atoms. The topological polar surface area (TPSA) is 141 Å². The molecule has 2 heterocycles. The fraction of sp³-hybridized carbons (Fsp3) is 0.280. The molecule has 1 aliphatic rings. The number of hydrogen-bond donors (Lipinski definition) is 3. The van der Waals surface area contributed by atoms with E-state index in [2.05, 4.69) is 16.5 Å². The van der Waals surface area contributed by atoms with Crippen molar-refractivity contribution in [1.29, 1.82) is 5.26 Å². The van der Waals surface area contributed by atoms with Gasteiger partial charge < -0.3 is 4.74 Å². The van der Waals surface area contributed by atoms with Crippen LogP contribution in [0.25, 0.3) is 5.69 Å². The van der Waals surface area contributed by atoms with Gasteiger partial charge in [0.15, 0.2) is 0 Å². The second kappa shape index (κ2) is 11.4. The van der Waals surface area contributed by atoms with Gasteiger partial charge in [-0.25, -0.2) is 9.48 Å². The van der Waals surface area contributed by atoms with Gasteiger partial charge in [0, 0.05) is 44.0 Å². The highest BCUT2D eigenvalue weighted by Gasteiger charge is 2.22. The molecule has 3 aromatic rings. The van der Waals surface area contributed by atoms with Gasteiger partial charge in [-0.2, -0.15) is 21.0 Å². The number of carbonyl (C=O) groups excluding carboxylic acids is 1. The minimum atomic E-state index is -2.45. The number of ether oxygens (including phenoxy) is 1. The molecule has 1 saturated heterocycles. The number of nitrogens with one attached hydrogen (secondary N) is 1. The smallest absolute Gasteiger partial charge is 0.411 e. The second-order valence-electron chi connectivity index (χ2n) is 8.42. The predicted octanol–water partition coefficient (Wildman–Crippen LogP) is 3.31. The van der Waals surface area contributed by atoms with E-state index in [0.717, 1.165) is 5.56 Å². The molecule has 36 heavy (non-hydrogen) atoms. The summed E-state index contributed by atoms with van der Waals surface area (Å²) >= 11 is 0. The third kappa shape index (κ3) is 6.93. The lowest BCUT2D eigenvalue weighted by Crippen LogP contribution is -2.40. The van der Waals surface area contributed by atoms with E-state index in [1.807, 2.05) is 11.0 Å². The summed E-state index contributed by atoms with van der Waals surface area (Å²) < 4.78 is 26.2. The highest BCUT2D eigenvalue weighted by molar-refractivity contribution is 8.24. The fourth-order valence-corrected chi connectivity index (χ4v) is 5.10. The summed E-state index contributed by atoms with van der Waals surface area (Å²) in [5.74, 6) is 0.694. The van der Waals surface area contributed by atoms with Crippen LogP contribution in [0.15, 0.2) is 65.6 Å². The van der Waals surface area contributed by atoms with Crippen molar-refractivity contribution in [3.8, 4) is 11.8 Å². The quantitative estimate of drug-likeness (QED) is 0.441. The molecule has 2 aromatic carbocycles. The maximum Gasteiger partial charge on any atom is 0.411 e. The normalized spacial score (nSPS) is 16.0. The molecule has 0 bridgehead atoms. The Labute approximate surface area is 210 Å². The van der Waals surface area contributed by atoms with Crippen LogP contribution in [0, 0.1) is 11.3 Å². The molecule has 0 unspecified atom stereocenters. The first-order valence-corrected chi connectivity index (χ1v) is 13.3. The first-order valence-electron chi connectivity index (χ1n) is 11.4. The van der Waals surface area contributed by atoms with E-state index in [0.29, 0.717) is 53.8 Å². The Bertz CT molecular complexity index is 1330. The number of nitriles is 1. The Hall–Kier alpha value is -3.69. The summed E-state index contributed by atoms with van der Waals surface area (Å²) in [5.41, 5.74) is 2.61. The van der Waals surface area contributed by atoms with Crippen molar-refractivity contribution in [2.24, 2.45) is 0 Å². The van der Waals surface area contributed by atoms with E-state index in [9.17, 15) is 18.7 Å². The van der Waals surface area contributed by atoms with Crippen LogP contribution in [0.2, 0.25) is 0 Å². The van der Waals surface area contributed by atoms with Crippen molar-refractivity contribution in [3.05, 3.63) is 87.8 Å². The average molecular weight is 510 g/mol. The van der Waals surface area contributed by atoms with Crippen LogP contribution in [0.1, 0.15) is 16.8 Å². The molecule has 4 rings (SSSR count). The van der Waals surface area contributed by atoms with E-state index in [-0.39, 0.29) is 18.5 Å². The molecule has 0 radical (unpaired) electrons. The maximum atomic E-state index is 12.4. The maximum absolute atomic E-state index is 12.4. The second-order valence-corrected chi connectivity index (χ2v) is 10.8. The zero-order chi connectivity index (χ0) is 25.5. The van der Waals surface area contributed by atoms with E-state index in [1.54, 1.807) is 53.3 Å². The van der Waals surface area contributed by atoms with Crippen LogP contribution >= 0.6 is 10.6 Å². The SMILES string of the molecule is N#Cc1cccc(-n2ccc(=O)c(Cc3cccc(NC(=O)OCCN4CCS(O)(O)CC4)c3)n2)c1. The lowest BCUT2D eigenvalue weighted by molar-refractivity contribution is 0.141. The standard InChI is InChI=1S/C25H27N5O5S/c26-18-20-4-2-6-22(16-20)30-8-7-24(31)23(28-30)17-19-3-1-5-21(15-19)27-25(32)35-12-9-29-10-13-36(33,34)14-11-29/h1-8,15-16,33-34H,9-14,17H2,(H,27,32). The summed E-state index contributed by atoms with van der Waals surface area (Å²) in [4.78, 5) is 26.7. The predicted molar refractivity (Wildman–Crippen MR) is 138 cm³/mol. The van der Waals surface area contributed by atoms with Crippen molar-refractivity contribution in [2.45, 2.75) is 6.42 Å². The van der Waals surface area contributed by atoms with Crippen LogP contribution in [0.3, 0.4) is 0 Å². The van der Waals surface area contributed by atoms with Crippen LogP contribution in [-0.4, -0.2) is 67.6 Å². The number of benzene rings is 2. The van der Waals surface area contributed by atoms with Crippen LogP contribution in [0.5, 0.6) is 0 Å². The monoisotopic (exact) mass is 509 g/mol. The molecule has 10 nitrogen and oxygen atoms in total. The van der Waals surface area contributed by atoms with Crippen LogP contribution in [-0.2, 0) is 11.2 Å². The summed E-state index contributed by atoms with van der Waals surface area (Å²) in [7, 11) is -2.45. The lowest BCUT2D eigenvalue weighted by Gasteiger charge is -2.40. The van der Waals surface area contributed by atoms with E-state index in [4.69, 9.17) is 10.00 Å². The van der Waals surface area contributed by atoms with E-state index >= 15 is 0 Å². The molecule has 0 aliphatic carbocycles. The molecule has 1 amide bonds. The molecule has 11 heteroatoms. The Balaban J connectivity index is 1.34. The van der Waals surface area contributed by atoms with Crippen molar-refractivity contribution < 1.29 is 18.6 Å². The van der Waals surface area contributed by atoms with Gasteiger partial charge in [-0.15, -0.1) is 0 Å². The van der Waals surface area contributed by atoms with Crippen molar-refractivity contribution in [1.82, 2.24) is 14.7 Å². The molecule has 1 fully saturated rings. The first kappa shape index (κ1) is 25.4. The van der Waals surface area contributed by atoms with Crippen molar-refractivity contribution in [3.63, 3.8) is 0 Å². The van der Waals surface area contributed by atoms with Crippen LogP contribution < -0.4 is 10.7 Å². The van der Waals surface area contributed by atoms with E-state index < -0.39 is 16.7 Å². The highest BCUT2D eigenvalue weighted by atomic mass is 32.3. The number of aromatic nitrogens is 2. The van der Waals surface area contributed by atoms with Crippen molar-refractivity contribution in [2.75, 3.05) is 43.1 Å². The number of carbonyl (C=O) groups is 1.